The van der Waals surface area contributed by atoms with Gasteiger partial charge in [-0.3, -0.25) is 0 Å². The summed E-state index contributed by atoms with van der Waals surface area (Å²) in [4.78, 5) is 11.0. The van der Waals surface area contributed by atoms with Gasteiger partial charge in [-0.15, -0.1) is 0 Å². The SMILES string of the molecule is CCNC(=O)Nc1cc(F)cc(F)c1F. The minimum Gasteiger partial charge on any atom is -0.338 e. The molecule has 2 amide bonds. The molecule has 15 heavy (non-hydrogen) atoms. The summed E-state index contributed by atoms with van der Waals surface area (Å²) < 4.78 is 38.4. The van der Waals surface area contributed by atoms with Crippen molar-refractivity contribution in [3.63, 3.8) is 0 Å². The Labute approximate surface area is 84.3 Å². The van der Waals surface area contributed by atoms with E-state index in [1.54, 1.807) is 6.92 Å². The quantitative estimate of drug-likeness (QED) is 0.734. The predicted octanol–water partition coefficient (Wildman–Crippen LogP) is 2.25. The summed E-state index contributed by atoms with van der Waals surface area (Å²) in [7, 11) is 0. The zero-order valence-corrected chi connectivity index (χ0v) is 7.90. The van der Waals surface area contributed by atoms with Gasteiger partial charge in [0.25, 0.3) is 0 Å². The molecule has 82 valence electrons. The molecule has 0 aromatic heterocycles. The molecule has 0 atom stereocenters. The van der Waals surface area contributed by atoms with Gasteiger partial charge < -0.3 is 10.6 Å². The Morgan fingerprint density at radius 2 is 2.00 bits per heavy atom. The van der Waals surface area contributed by atoms with E-state index < -0.39 is 29.2 Å². The van der Waals surface area contributed by atoms with Crippen molar-refractivity contribution in [2.24, 2.45) is 0 Å². The molecular formula is C9H9F3N2O. The van der Waals surface area contributed by atoms with Crippen molar-refractivity contribution in [3.05, 3.63) is 29.6 Å². The van der Waals surface area contributed by atoms with Crippen LogP contribution in [0.1, 0.15) is 6.92 Å². The van der Waals surface area contributed by atoms with E-state index in [9.17, 15) is 18.0 Å². The molecule has 1 aromatic rings. The van der Waals surface area contributed by atoms with E-state index in [-0.39, 0.29) is 0 Å². The number of hydrogen-bond donors (Lipinski definition) is 2. The highest BCUT2D eigenvalue weighted by atomic mass is 19.2. The van der Waals surface area contributed by atoms with Gasteiger partial charge in [0.15, 0.2) is 11.6 Å². The zero-order chi connectivity index (χ0) is 11.4. The van der Waals surface area contributed by atoms with Crippen LogP contribution in [0.15, 0.2) is 12.1 Å². The van der Waals surface area contributed by atoms with Crippen LogP contribution in [-0.2, 0) is 0 Å². The van der Waals surface area contributed by atoms with Crippen molar-refractivity contribution in [1.82, 2.24) is 5.32 Å². The Morgan fingerprint density at radius 1 is 1.33 bits per heavy atom. The highest BCUT2D eigenvalue weighted by molar-refractivity contribution is 5.89. The summed E-state index contributed by atoms with van der Waals surface area (Å²) >= 11 is 0. The lowest BCUT2D eigenvalue weighted by Gasteiger charge is -2.07. The average Bonchev–Trinajstić information content (AvgIpc) is 2.13. The molecule has 0 saturated heterocycles. The third kappa shape index (κ3) is 2.87. The lowest BCUT2D eigenvalue weighted by molar-refractivity contribution is 0.252. The molecule has 0 bridgehead atoms. The number of nitrogens with one attached hydrogen (secondary N) is 2. The summed E-state index contributed by atoms with van der Waals surface area (Å²) in [6.45, 7) is 1.98. The minimum atomic E-state index is -1.35. The largest absolute Gasteiger partial charge is 0.338 e. The van der Waals surface area contributed by atoms with Crippen molar-refractivity contribution in [3.8, 4) is 0 Å². The lowest BCUT2D eigenvalue weighted by Crippen LogP contribution is -2.28. The van der Waals surface area contributed by atoms with Crippen LogP contribution in [0.4, 0.5) is 23.7 Å². The third-order valence-corrected chi connectivity index (χ3v) is 1.58. The standard InChI is InChI=1S/C9H9F3N2O/c1-2-13-9(15)14-7-4-5(10)3-6(11)8(7)12/h3-4H,2H2,1H3,(H2,13,14,15). The van der Waals surface area contributed by atoms with Crippen LogP contribution in [0.2, 0.25) is 0 Å². The van der Waals surface area contributed by atoms with Crippen LogP contribution in [0.5, 0.6) is 0 Å². The third-order valence-electron chi connectivity index (χ3n) is 1.58. The summed E-state index contributed by atoms with van der Waals surface area (Å²) in [5.74, 6) is -3.59. The fourth-order valence-corrected chi connectivity index (χ4v) is 0.974. The van der Waals surface area contributed by atoms with Gasteiger partial charge in [0.05, 0.1) is 5.69 Å². The molecule has 3 nitrogen and oxygen atoms in total. The molecule has 6 heteroatoms. The van der Waals surface area contributed by atoms with Crippen molar-refractivity contribution >= 4 is 11.7 Å². The van der Waals surface area contributed by atoms with Crippen LogP contribution in [0.3, 0.4) is 0 Å². The van der Waals surface area contributed by atoms with E-state index in [1.807, 2.05) is 5.32 Å². The van der Waals surface area contributed by atoms with E-state index in [0.29, 0.717) is 18.7 Å². The van der Waals surface area contributed by atoms with Gasteiger partial charge >= 0.3 is 6.03 Å². The number of benzene rings is 1. The number of carbonyl (C=O) groups excluding carboxylic acids is 1. The molecule has 0 aliphatic rings. The Balaban J connectivity index is 2.89. The molecule has 1 rings (SSSR count). The van der Waals surface area contributed by atoms with E-state index in [4.69, 9.17) is 0 Å². The molecule has 0 radical (unpaired) electrons. The average molecular weight is 218 g/mol. The molecular weight excluding hydrogens is 209 g/mol. The Hall–Kier alpha value is -1.72. The Morgan fingerprint density at radius 3 is 2.60 bits per heavy atom. The first-order valence-corrected chi connectivity index (χ1v) is 4.24. The summed E-state index contributed by atoms with van der Waals surface area (Å²) in [5.41, 5.74) is -0.529. The summed E-state index contributed by atoms with van der Waals surface area (Å²) in [5, 5.41) is 4.29. The molecule has 0 saturated carbocycles. The second-order valence-corrected chi connectivity index (χ2v) is 2.73. The second-order valence-electron chi connectivity index (χ2n) is 2.73. The minimum absolute atomic E-state index is 0.325. The van der Waals surface area contributed by atoms with Gasteiger partial charge in [-0.05, 0) is 6.92 Å². The molecule has 0 aliphatic heterocycles. The van der Waals surface area contributed by atoms with Crippen LogP contribution in [-0.4, -0.2) is 12.6 Å². The normalized spacial score (nSPS) is 9.87. The maximum atomic E-state index is 13.0. The van der Waals surface area contributed by atoms with Gasteiger partial charge in [-0.25, -0.2) is 18.0 Å². The molecule has 1 aromatic carbocycles. The topological polar surface area (TPSA) is 41.1 Å². The van der Waals surface area contributed by atoms with Crippen LogP contribution >= 0.6 is 0 Å². The highest BCUT2D eigenvalue weighted by Crippen LogP contribution is 2.18. The van der Waals surface area contributed by atoms with Gasteiger partial charge in [-0.1, -0.05) is 0 Å². The van der Waals surface area contributed by atoms with Gasteiger partial charge in [-0.2, -0.15) is 0 Å². The highest BCUT2D eigenvalue weighted by Gasteiger charge is 2.12. The fraction of sp³-hybridized carbons (Fsp3) is 0.222. The van der Waals surface area contributed by atoms with Crippen molar-refractivity contribution < 1.29 is 18.0 Å². The predicted molar refractivity (Wildman–Crippen MR) is 49.0 cm³/mol. The number of halogens is 3. The number of anilines is 1. The number of amides is 2. The van der Waals surface area contributed by atoms with Crippen molar-refractivity contribution in [2.75, 3.05) is 11.9 Å². The summed E-state index contributed by atoms with van der Waals surface area (Å²) in [6.07, 6.45) is 0. The second kappa shape index (κ2) is 4.68. The maximum Gasteiger partial charge on any atom is 0.319 e. The van der Waals surface area contributed by atoms with E-state index in [1.165, 1.54) is 0 Å². The monoisotopic (exact) mass is 218 g/mol. The number of hydrogen-bond acceptors (Lipinski definition) is 1. The van der Waals surface area contributed by atoms with Gasteiger partial charge in [0, 0.05) is 18.7 Å². The fourth-order valence-electron chi connectivity index (χ4n) is 0.974. The van der Waals surface area contributed by atoms with Gasteiger partial charge in [0.1, 0.15) is 5.82 Å². The Kier molecular flexibility index (Phi) is 3.54. The van der Waals surface area contributed by atoms with Crippen molar-refractivity contribution in [2.45, 2.75) is 6.92 Å². The molecule has 2 N–H and O–H groups in total. The van der Waals surface area contributed by atoms with Crippen LogP contribution in [0, 0.1) is 17.5 Å². The molecule has 0 heterocycles. The molecule has 0 fully saturated rings. The van der Waals surface area contributed by atoms with E-state index in [0.717, 1.165) is 0 Å². The first-order chi connectivity index (χ1) is 7.04. The van der Waals surface area contributed by atoms with E-state index >= 15 is 0 Å². The molecule has 0 unspecified atom stereocenters. The molecule has 0 spiro atoms. The van der Waals surface area contributed by atoms with E-state index in [2.05, 4.69) is 5.32 Å². The zero-order valence-electron chi connectivity index (χ0n) is 7.90. The number of carbonyl (C=O) groups is 1. The smallest absolute Gasteiger partial charge is 0.319 e. The number of rotatable bonds is 2. The lowest BCUT2D eigenvalue weighted by atomic mass is 10.3. The van der Waals surface area contributed by atoms with Crippen molar-refractivity contribution in [1.29, 1.82) is 0 Å². The van der Waals surface area contributed by atoms with Crippen LogP contribution in [0.25, 0.3) is 0 Å². The first kappa shape index (κ1) is 11.4. The number of urea groups is 1. The molecule has 0 aliphatic carbocycles. The maximum absolute atomic E-state index is 13.0. The summed E-state index contributed by atoms with van der Waals surface area (Å²) in [6, 6.07) is 0.382. The van der Waals surface area contributed by atoms with Crippen LogP contribution < -0.4 is 10.6 Å². The Bertz CT molecular complexity index is 382. The first-order valence-electron chi connectivity index (χ1n) is 4.24. The van der Waals surface area contributed by atoms with Gasteiger partial charge in [0.2, 0.25) is 0 Å².